The van der Waals surface area contributed by atoms with E-state index in [1.165, 1.54) is 6.92 Å². The number of carbonyl (C=O) groups excluding carboxylic acids is 3. The quantitative estimate of drug-likeness (QED) is 0.469. The van der Waals surface area contributed by atoms with Gasteiger partial charge in [0.1, 0.15) is 5.82 Å². The van der Waals surface area contributed by atoms with Crippen LogP contribution in [0.25, 0.3) is 10.9 Å². The summed E-state index contributed by atoms with van der Waals surface area (Å²) in [6.45, 7) is 1.02. The highest BCUT2D eigenvalue weighted by atomic mass is 16.5. The standard InChI is InChI=1S/C21H19N3O5/c1-13(25)14-6-8-15(9-7-14)22-19(26)12-29-20(27)11-10-18-23-17-5-3-2-4-16(17)21(28)24-18/h2-9H,10-12H2,1H3,(H,22,26)(H,23,24,28). The first-order valence-corrected chi connectivity index (χ1v) is 8.97. The summed E-state index contributed by atoms with van der Waals surface area (Å²) in [5, 5.41) is 3.06. The van der Waals surface area contributed by atoms with Crippen molar-refractivity contribution in [2.45, 2.75) is 19.8 Å². The first-order chi connectivity index (χ1) is 13.9. The molecule has 1 aromatic heterocycles. The number of nitrogens with zero attached hydrogens (tertiary/aromatic N) is 1. The number of esters is 1. The van der Waals surface area contributed by atoms with Crippen LogP contribution in [0.5, 0.6) is 0 Å². The van der Waals surface area contributed by atoms with Crippen molar-refractivity contribution in [2.75, 3.05) is 11.9 Å². The Kier molecular flexibility index (Phi) is 6.13. The van der Waals surface area contributed by atoms with E-state index in [1.54, 1.807) is 48.5 Å². The topological polar surface area (TPSA) is 118 Å². The number of H-pyrrole nitrogens is 1. The third-order valence-electron chi connectivity index (χ3n) is 4.17. The summed E-state index contributed by atoms with van der Waals surface area (Å²) in [5.41, 5.74) is 1.31. The second kappa shape index (κ2) is 8.92. The number of hydrogen-bond acceptors (Lipinski definition) is 6. The molecule has 0 aliphatic carbocycles. The van der Waals surface area contributed by atoms with Gasteiger partial charge in [-0.3, -0.25) is 19.2 Å². The molecule has 3 rings (SSSR count). The zero-order valence-corrected chi connectivity index (χ0v) is 15.7. The number of benzene rings is 2. The number of amides is 1. The third kappa shape index (κ3) is 5.35. The molecule has 0 aliphatic rings. The average molecular weight is 393 g/mol. The number of anilines is 1. The summed E-state index contributed by atoms with van der Waals surface area (Å²) in [6.07, 6.45) is 0.162. The largest absolute Gasteiger partial charge is 0.456 e. The van der Waals surface area contributed by atoms with Crippen LogP contribution in [0.2, 0.25) is 0 Å². The summed E-state index contributed by atoms with van der Waals surface area (Å²) >= 11 is 0. The van der Waals surface area contributed by atoms with Crippen LogP contribution < -0.4 is 10.9 Å². The molecule has 1 amide bonds. The second-order valence-corrected chi connectivity index (χ2v) is 6.37. The van der Waals surface area contributed by atoms with E-state index >= 15 is 0 Å². The molecule has 0 fully saturated rings. The van der Waals surface area contributed by atoms with Crippen LogP contribution in [0, 0.1) is 0 Å². The number of rotatable bonds is 7. The third-order valence-corrected chi connectivity index (χ3v) is 4.17. The van der Waals surface area contributed by atoms with E-state index < -0.39 is 18.5 Å². The predicted octanol–water partition coefficient (Wildman–Crippen LogP) is 2.24. The van der Waals surface area contributed by atoms with Crippen LogP contribution in [0.15, 0.2) is 53.3 Å². The Morgan fingerprint density at radius 1 is 1.07 bits per heavy atom. The number of carbonyl (C=O) groups is 3. The molecule has 0 radical (unpaired) electrons. The number of fused-ring (bicyclic) bond motifs is 1. The monoisotopic (exact) mass is 393 g/mol. The van der Waals surface area contributed by atoms with Gasteiger partial charge in [-0.2, -0.15) is 0 Å². The Bertz CT molecular complexity index is 1120. The Labute approximate surface area is 165 Å². The molecule has 29 heavy (non-hydrogen) atoms. The smallest absolute Gasteiger partial charge is 0.306 e. The fourth-order valence-electron chi connectivity index (χ4n) is 2.68. The minimum Gasteiger partial charge on any atom is -0.456 e. The molecule has 3 aromatic rings. The molecule has 8 heteroatoms. The van der Waals surface area contributed by atoms with Gasteiger partial charge in [-0.25, -0.2) is 4.98 Å². The van der Waals surface area contributed by atoms with Gasteiger partial charge < -0.3 is 15.0 Å². The summed E-state index contributed by atoms with van der Waals surface area (Å²) < 4.78 is 4.95. The molecule has 0 aliphatic heterocycles. The Morgan fingerprint density at radius 2 is 1.79 bits per heavy atom. The van der Waals surface area contributed by atoms with Crippen LogP contribution >= 0.6 is 0 Å². The zero-order chi connectivity index (χ0) is 20.8. The Balaban J connectivity index is 1.48. The number of ketones is 1. The van der Waals surface area contributed by atoms with E-state index in [1.807, 2.05) is 0 Å². The number of hydrogen-bond donors (Lipinski definition) is 2. The second-order valence-electron chi connectivity index (χ2n) is 6.37. The highest BCUT2D eigenvalue weighted by molar-refractivity contribution is 5.96. The molecule has 148 valence electrons. The first-order valence-electron chi connectivity index (χ1n) is 8.97. The highest BCUT2D eigenvalue weighted by Crippen LogP contribution is 2.10. The van der Waals surface area contributed by atoms with Crippen molar-refractivity contribution in [2.24, 2.45) is 0 Å². The van der Waals surface area contributed by atoms with Gasteiger partial charge in [-0.05, 0) is 43.3 Å². The van der Waals surface area contributed by atoms with Gasteiger partial charge in [0.2, 0.25) is 0 Å². The van der Waals surface area contributed by atoms with Crippen molar-refractivity contribution in [3.8, 4) is 0 Å². The van der Waals surface area contributed by atoms with Crippen molar-refractivity contribution in [3.05, 3.63) is 70.3 Å². The van der Waals surface area contributed by atoms with E-state index in [4.69, 9.17) is 4.74 Å². The zero-order valence-electron chi connectivity index (χ0n) is 15.7. The summed E-state index contributed by atoms with van der Waals surface area (Å²) in [5.74, 6) is -0.770. The fraction of sp³-hybridized carbons (Fsp3) is 0.190. The van der Waals surface area contributed by atoms with Crippen molar-refractivity contribution >= 4 is 34.3 Å². The number of aromatic amines is 1. The molecule has 2 N–H and O–H groups in total. The van der Waals surface area contributed by atoms with E-state index in [-0.39, 0.29) is 24.2 Å². The lowest BCUT2D eigenvalue weighted by Crippen LogP contribution is -2.21. The summed E-state index contributed by atoms with van der Waals surface area (Å²) in [6, 6.07) is 13.3. The SMILES string of the molecule is CC(=O)c1ccc(NC(=O)COC(=O)CCc2nc3ccccc3c(=O)[nH]2)cc1. The maximum atomic E-state index is 12.0. The van der Waals surface area contributed by atoms with Gasteiger partial charge in [-0.1, -0.05) is 12.1 Å². The van der Waals surface area contributed by atoms with Crippen LogP contribution in [0.1, 0.15) is 29.5 Å². The Morgan fingerprint density at radius 3 is 2.52 bits per heavy atom. The molecule has 0 unspecified atom stereocenters. The van der Waals surface area contributed by atoms with Crippen molar-refractivity contribution in [1.29, 1.82) is 0 Å². The number of nitrogens with one attached hydrogen (secondary N) is 2. The molecule has 0 atom stereocenters. The van der Waals surface area contributed by atoms with Crippen LogP contribution in [-0.2, 0) is 20.7 Å². The maximum Gasteiger partial charge on any atom is 0.306 e. The number of para-hydroxylation sites is 1. The number of Topliss-reactive ketones (excluding diaryl/α,β-unsaturated/α-hetero) is 1. The molecule has 2 aromatic carbocycles. The molecule has 0 bridgehead atoms. The highest BCUT2D eigenvalue weighted by Gasteiger charge is 2.10. The molecule has 0 saturated heterocycles. The van der Waals surface area contributed by atoms with Gasteiger partial charge in [0, 0.05) is 17.7 Å². The minimum atomic E-state index is -0.581. The van der Waals surface area contributed by atoms with Crippen LogP contribution in [0.3, 0.4) is 0 Å². The molecule has 0 saturated carbocycles. The van der Waals surface area contributed by atoms with Crippen molar-refractivity contribution in [1.82, 2.24) is 9.97 Å². The van der Waals surface area contributed by atoms with E-state index in [2.05, 4.69) is 15.3 Å². The normalized spacial score (nSPS) is 10.5. The lowest BCUT2D eigenvalue weighted by molar-refractivity contribution is -0.147. The lowest BCUT2D eigenvalue weighted by atomic mass is 10.1. The van der Waals surface area contributed by atoms with Crippen LogP contribution in [0.4, 0.5) is 5.69 Å². The fourth-order valence-corrected chi connectivity index (χ4v) is 2.68. The van der Waals surface area contributed by atoms with E-state index in [0.29, 0.717) is 28.0 Å². The maximum absolute atomic E-state index is 12.0. The number of aryl methyl sites for hydroxylation is 1. The van der Waals surface area contributed by atoms with Crippen LogP contribution in [-0.4, -0.2) is 34.2 Å². The van der Waals surface area contributed by atoms with Gasteiger partial charge in [-0.15, -0.1) is 0 Å². The van der Waals surface area contributed by atoms with Crippen molar-refractivity contribution < 1.29 is 19.1 Å². The Hall–Kier alpha value is -3.81. The molecular weight excluding hydrogens is 374 g/mol. The molecule has 8 nitrogen and oxygen atoms in total. The lowest BCUT2D eigenvalue weighted by Gasteiger charge is -2.07. The van der Waals surface area contributed by atoms with E-state index in [9.17, 15) is 19.2 Å². The number of aromatic nitrogens is 2. The molecular formula is C21H19N3O5. The van der Waals surface area contributed by atoms with Gasteiger partial charge in [0.05, 0.1) is 17.3 Å². The van der Waals surface area contributed by atoms with Gasteiger partial charge >= 0.3 is 5.97 Å². The number of ether oxygens (including phenoxy) is 1. The molecule has 0 spiro atoms. The predicted molar refractivity (Wildman–Crippen MR) is 107 cm³/mol. The van der Waals surface area contributed by atoms with Gasteiger partial charge in [0.25, 0.3) is 11.5 Å². The van der Waals surface area contributed by atoms with Gasteiger partial charge in [0.15, 0.2) is 12.4 Å². The average Bonchev–Trinajstić information content (AvgIpc) is 2.71. The summed E-state index contributed by atoms with van der Waals surface area (Å²) in [7, 11) is 0. The summed E-state index contributed by atoms with van der Waals surface area (Å²) in [4.78, 5) is 54.0. The first kappa shape index (κ1) is 19.9. The minimum absolute atomic E-state index is 0.0259. The van der Waals surface area contributed by atoms with Crippen molar-refractivity contribution in [3.63, 3.8) is 0 Å². The molecule has 1 heterocycles. The van der Waals surface area contributed by atoms with E-state index in [0.717, 1.165) is 0 Å².